The monoisotopic (exact) mass is 546 g/mol. The molecule has 1 fully saturated rings. The van der Waals surface area contributed by atoms with Gasteiger partial charge in [-0.05, 0) is 83.0 Å². The first-order valence-corrected chi connectivity index (χ1v) is 13.0. The molecule has 1 aliphatic rings. The van der Waals surface area contributed by atoms with Crippen molar-refractivity contribution in [3.8, 4) is 11.5 Å². The molecule has 0 spiro atoms. The Hall–Kier alpha value is -3.86. The van der Waals surface area contributed by atoms with Crippen molar-refractivity contribution in [1.82, 2.24) is 5.32 Å². The van der Waals surface area contributed by atoms with Crippen molar-refractivity contribution in [2.24, 2.45) is 11.7 Å². The van der Waals surface area contributed by atoms with Crippen molar-refractivity contribution in [3.05, 3.63) is 53.3 Å². The van der Waals surface area contributed by atoms with Gasteiger partial charge in [0.25, 0.3) is 5.97 Å². The third kappa shape index (κ3) is 9.75. The number of anilines is 1. The zero-order valence-electron chi connectivity index (χ0n) is 22.9. The molecular weight excluding hydrogens is 507 g/mol. The van der Waals surface area contributed by atoms with E-state index < -0.39 is 23.8 Å². The number of hydrogen-bond acceptors (Lipinski definition) is 8. The van der Waals surface area contributed by atoms with Gasteiger partial charge in [0.2, 0.25) is 0 Å². The van der Waals surface area contributed by atoms with Crippen LogP contribution in [0.3, 0.4) is 0 Å². The molecule has 3 rings (SSSR count). The molecule has 10 nitrogen and oxygen atoms in total. The number of carbonyl (C=O) groups is 2. The normalized spacial score (nSPS) is 14.7. The number of nitrogens with one attached hydrogen (secondary N) is 3. The van der Waals surface area contributed by atoms with Crippen molar-refractivity contribution in [3.63, 3.8) is 0 Å². The molecule has 39 heavy (non-hydrogen) atoms. The number of hydrogen-bond donors (Lipinski definition) is 5. The second kappa shape index (κ2) is 15.5. The van der Waals surface area contributed by atoms with Crippen LogP contribution >= 0.6 is 0 Å². The number of carbonyl (C=O) groups excluding carboxylic acids is 1. The fourth-order valence-corrected chi connectivity index (χ4v) is 4.15. The minimum Gasteiger partial charge on any atom is -0.494 e. The summed E-state index contributed by atoms with van der Waals surface area (Å²) in [6.07, 6.45) is 1.69. The summed E-state index contributed by atoms with van der Waals surface area (Å²) in [5, 5.41) is 21.3. The van der Waals surface area contributed by atoms with E-state index in [4.69, 9.17) is 35.3 Å². The summed E-state index contributed by atoms with van der Waals surface area (Å²) in [5.41, 5.74) is 6.67. The van der Waals surface area contributed by atoms with E-state index in [1.54, 1.807) is 31.2 Å². The number of rotatable bonds is 11. The largest absolute Gasteiger partial charge is 0.494 e. The lowest BCUT2D eigenvalue weighted by Crippen LogP contribution is -2.35. The molecule has 0 bridgehead atoms. The first-order valence-electron chi connectivity index (χ1n) is 13.0. The lowest BCUT2D eigenvalue weighted by molar-refractivity contribution is -0.144. The molecule has 2 unspecified atom stereocenters. The van der Waals surface area contributed by atoms with Gasteiger partial charge >= 0.3 is 5.97 Å². The van der Waals surface area contributed by atoms with Crippen LogP contribution in [0.5, 0.6) is 11.5 Å². The Morgan fingerprint density at radius 1 is 1.18 bits per heavy atom. The second-order valence-corrected chi connectivity index (χ2v) is 9.01. The molecule has 0 amide bonds. The Bertz CT molecular complexity index is 1100. The third-order valence-corrected chi connectivity index (χ3v) is 6.05. The van der Waals surface area contributed by atoms with Gasteiger partial charge < -0.3 is 35.7 Å². The number of amidine groups is 1. The molecule has 1 heterocycles. The number of ether oxygens (including phenoxy) is 3. The van der Waals surface area contributed by atoms with E-state index in [0.29, 0.717) is 29.5 Å². The number of halogens is 1. The summed E-state index contributed by atoms with van der Waals surface area (Å²) >= 11 is 0. The number of carboxylic acid groups (broad SMARTS) is 1. The third-order valence-electron chi connectivity index (χ3n) is 6.05. The number of esters is 1. The molecule has 1 saturated heterocycles. The van der Waals surface area contributed by atoms with Gasteiger partial charge in [-0.3, -0.25) is 10.2 Å². The van der Waals surface area contributed by atoms with Crippen LogP contribution in [0.4, 0.5) is 10.1 Å². The van der Waals surface area contributed by atoms with E-state index in [1.165, 1.54) is 12.1 Å². The molecule has 0 aliphatic carbocycles. The summed E-state index contributed by atoms with van der Waals surface area (Å²) in [6, 6.07) is 8.52. The first kappa shape index (κ1) is 31.4. The lowest BCUT2D eigenvalue weighted by atomic mass is 9.93. The lowest BCUT2D eigenvalue weighted by Gasteiger charge is -2.29. The van der Waals surface area contributed by atoms with Crippen LogP contribution < -0.4 is 25.8 Å². The average Bonchev–Trinajstić information content (AvgIpc) is 2.90. The number of nitrogens with two attached hydrogens (primary N) is 1. The predicted octanol–water partition coefficient (Wildman–Crippen LogP) is 4.08. The van der Waals surface area contributed by atoms with Gasteiger partial charge in [0.15, 0.2) is 17.6 Å². The molecule has 214 valence electrons. The molecule has 2 atom stereocenters. The fraction of sp³-hybridized carbons (Fsp3) is 0.464. The standard InChI is InChI=1S/C26H35FN4O4.C2H4O2/c1-4-33-20-14-21(23(27)22(15-20)35-16(3)17-10-12-30-13-11-17)24(26(32)34-5-2)31-19-8-6-18(7-9-19)25(28)29;1-2(3)4/h6-9,14-17,24,30-31H,4-5,10-13H2,1-3H3,(H3,28,29);1H3,(H,3,4). The number of piperidine rings is 1. The highest BCUT2D eigenvalue weighted by molar-refractivity contribution is 5.95. The van der Waals surface area contributed by atoms with Crippen molar-refractivity contribution in [2.45, 2.75) is 52.7 Å². The Morgan fingerprint density at radius 3 is 2.33 bits per heavy atom. The van der Waals surface area contributed by atoms with Gasteiger partial charge in [0, 0.05) is 29.8 Å². The van der Waals surface area contributed by atoms with E-state index in [2.05, 4.69) is 10.6 Å². The smallest absolute Gasteiger partial charge is 0.333 e. The minimum absolute atomic E-state index is 0.0417. The SMILES string of the molecule is CC(=O)O.CCOC(=O)C(Nc1ccc(C(=N)N)cc1)c1cc(OCC)cc(OC(C)C2CCNCC2)c1F. The molecule has 0 aromatic heterocycles. The van der Waals surface area contributed by atoms with Crippen LogP contribution in [-0.2, 0) is 14.3 Å². The number of nitrogen functional groups attached to an aromatic ring is 1. The van der Waals surface area contributed by atoms with E-state index in [0.717, 1.165) is 32.9 Å². The van der Waals surface area contributed by atoms with Crippen molar-refractivity contribution < 1.29 is 33.3 Å². The maximum Gasteiger partial charge on any atom is 0.333 e. The van der Waals surface area contributed by atoms with E-state index in [-0.39, 0.29) is 29.9 Å². The number of aliphatic carboxylic acids is 1. The Morgan fingerprint density at radius 2 is 1.79 bits per heavy atom. The molecule has 1 aliphatic heterocycles. The van der Waals surface area contributed by atoms with Crippen LogP contribution in [0.2, 0.25) is 0 Å². The summed E-state index contributed by atoms with van der Waals surface area (Å²) in [7, 11) is 0. The number of carboxylic acids is 1. The van der Waals surface area contributed by atoms with Crippen molar-refractivity contribution in [2.75, 3.05) is 31.6 Å². The van der Waals surface area contributed by atoms with E-state index in [9.17, 15) is 4.79 Å². The summed E-state index contributed by atoms with van der Waals surface area (Å²) in [6.45, 7) is 8.88. The van der Waals surface area contributed by atoms with Gasteiger partial charge in [-0.25, -0.2) is 9.18 Å². The predicted molar refractivity (Wildman–Crippen MR) is 147 cm³/mol. The molecule has 2 aromatic carbocycles. The van der Waals surface area contributed by atoms with E-state index >= 15 is 4.39 Å². The summed E-state index contributed by atoms with van der Waals surface area (Å²) < 4.78 is 32.9. The average molecular weight is 547 g/mol. The Kier molecular flexibility index (Phi) is 12.5. The maximum atomic E-state index is 15.9. The van der Waals surface area contributed by atoms with Crippen LogP contribution in [0.25, 0.3) is 0 Å². The number of benzene rings is 2. The summed E-state index contributed by atoms with van der Waals surface area (Å²) in [5.74, 6) is -1.43. The van der Waals surface area contributed by atoms with Crippen molar-refractivity contribution in [1.29, 1.82) is 5.41 Å². The van der Waals surface area contributed by atoms with Crippen LogP contribution in [0.15, 0.2) is 36.4 Å². The molecule has 11 heteroatoms. The highest BCUT2D eigenvalue weighted by Crippen LogP contribution is 2.35. The minimum atomic E-state index is -1.14. The van der Waals surface area contributed by atoms with Gasteiger partial charge in [-0.2, -0.15) is 0 Å². The van der Waals surface area contributed by atoms with Gasteiger partial charge in [0.1, 0.15) is 11.6 Å². The Balaban J connectivity index is 0.00000124. The summed E-state index contributed by atoms with van der Waals surface area (Å²) in [4.78, 5) is 21.9. The molecule has 0 radical (unpaired) electrons. The highest BCUT2D eigenvalue weighted by Gasteiger charge is 2.30. The van der Waals surface area contributed by atoms with Gasteiger partial charge in [0.05, 0.1) is 19.3 Å². The van der Waals surface area contributed by atoms with E-state index in [1.807, 2.05) is 13.8 Å². The quantitative estimate of drug-likeness (QED) is 0.159. The molecule has 2 aromatic rings. The topological polar surface area (TPSA) is 156 Å². The molecule has 0 saturated carbocycles. The zero-order chi connectivity index (χ0) is 28.9. The highest BCUT2D eigenvalue weighted by atomic mass is 19.1. The first-order chi connectivity index (χ1) is 18.6. The van der Waals surface area contributed by atoms with Crippen LogP contribution in [0, 0.1) is 17.1 Å². The molecular formula is C28H39FN4O6. The van der Waals surface area contributed by atoms with Gasteiger partial charge in [-0.15, -0.1) is 0 Å². The van der Waals surface area contributed by atoms with Crippen molar-refractivity contribution >= 4 is 23.5 Å². The Labute approximate surface area is 228 Å². The molecule has 6 N–H and O–H groups in total. The fourth-order valence-electron chi connectivity index (χ4n) is 4.15. The van der Waals surface area contributed by atoms with Crippen LogP contribution in [-0.4, -0.2) is 55.3 Å². The maximum absolute atomic E-state index is 15.9. The zero-order valence-corrected chi connectivity index (χ0v) is 22.9. The van der Waals surface area contributed by atoms with Crippen LogP contribution in [0.1, 0.15) is 57.7 Å². The van der Waals surface area contributed by atoms with Gasteiger partial charge in [-0.1, -0.05) is 0 Å². The second-order valence-electron chi connectivity index (χ2n) is 9.01.